The molecule has 0 spiro atoms. The molecule has 0 N–H and O–H groups in total. The summed E-state index contributed by atoms with van der Waals surface area (Å²) in [5, 5.41) is 0. The quantitative estimate of drug-likeness (QED) is 0.513. The number of amides is 1. The van der Waals surface area contributed by atoms with E-state index in [1.807, 2.05) is 13.0 Å². The van der Waals surface area contributed by atoms with E-state index in [2.05, 4.69) is 0 Å². The van der Waals surface area contributed by atoms with Crippen LogP contribution in [0.5, 0.6) is 0 Å². The van der Waals surface area contributed by atoms with Crippen molar-refractivity contribution in [3.8, 4) is 11.3 Å². The molecule has 1 atom stereocenters. The molecule has 1 amide bonds. The Morgan fingerprint density at radius 3 is 2.52 bits per heavy atom. The van der Waals surface area contributed by atoms with E-state index < -0.39 is 27.6 Å². The van der Waals surface area contributed by atoms with Gasteiger partial charge in [-0.25, -0.2) is 8.42 Å². The lowest BCUT2D eigenvalue weighted by atomic mass is 10.1. The van der Waals surface area contributed by atoms with Crippen LogP contribution in [0.1, 0.15) is 33.7 Å². The van der Waals surface area contributed by atoms with Gasteiger partial charge in [0.1, 0.15) is 11.5 Å². The van der Waals surface area contributed by atoms with E-state index in [-0.39, 0.29) is 35.3 Å². The summed E-state index contributed by atoms with van der Waals surface area (Å²) in [4.78, 5) is 14.8. The fourth-order valence-electron chi connectivity index (χ4n) is 3.97. The Bertz CT molecular complexity index is 1280. The summed E-state index contributed by atoms with van der Waals surface area (Å²) in [5.74, 6) is 0.137. The maximum atomic E-state index is 13.3. The van der Waals surface area contributed by atoms with E-state index in [0.717, 1.165) is 17.7 Å². The summed E-state index contributed by atoms with van der Waals surface area (Å²) in [5.41, 5.74) is 0.801. The van der Waals surface area contributed by atoms with Gasteiger partial charge in [-0.15, -0.1) is 0 Å². The van der Waals surface area contributed by atoms with Crippen LogP contribution in [-0.2, 0) is 22.6 Å². The van der Waals surface area contributed by atoms with Crippen LogP contribution in [0.2, 0.25) is 0 Å². The zero-order chi connectivity index (χ0) is 23.8. The summed E-state index contributed by atoms with van der Waals surface area (Å²) in [6.07, 6.45) is -4.16. The van der Waals surface area contributed by atoms with Crippen LogP contribution in [0.25, 0.3) is 11.3 Å². The number of hydrogen-bond acceptors (Lipinski definition) is 4. The molecule has 0 bridgehead atoms. The minimum absolute atomic E-state index is 0.00288. The average molecular weight is 478 g/mol. The molecule has 1 saturated heterocycles. The van der Waals surface area contributed by atoms with Crippen molar-refractivity contribution < 1.29 is 30.8 Å². The summed E-state index contributed by atoms with van der Waals surface area (Å²) in [6, 6.07) is 14.4. The third-order valence-electron chi connectivity index (χ3n) is 5.64. The van der Waals surface area contributed by atoms with E-state index in [1.165, 1.54) is 17.0 Å². The van der Waals surface area contributed by atoms with E-state index in [1.54, 1.807) is 30.3 Å². The van der Waals surface area contributed by atoms with Crippen LogP contribution < -0.4 is 0 Å². The summed E-state index contributed by atoms with van der Waals surface area (Å²) in [7, 11) is -3.24. The molecule has 9 heteroatoms. The highest BCUT2D eigenvalue weighted by atomic mass is 32.2. The second-order valence-corrected chi connectivity index (χ2v) is 10.4. The first-order valence-corrected chi connectivity index (χ1v) is 12.2. The van der Waals surface area contributed by atoms with Gasteiger partial charge in [0, 0.05) is 17.2 Å². The Morgan fingerprint density at radius 2 is 1.85 bits per heavy atom. The Morgan fingerprint density at radius 1 is 1.09 bits per heavy atom. The van der Waals surface area contributed by atoms with Gasteiger partial charge >= 0.3 is 6.18 Å². The van der Waals surface area contributed by atoms with Gasteiger partial charge in [0.2, 0.25) is 0 Å². The highest BCUT2D eigenvalue weighted by Gasteiger charge is 2.36. The third kappa shape index (κ3) is 5.30. The number of rotatable bonds is 5. The van der Waals surface area contributed by atoms with Gasteiger partial charge in [-0.3, -0.25) is 4.79 Å². The zero-order valence-electron chi connectivity index (χ0n) is 17.8. The van der Waals surface area contributed by atoms with Crippen molar-refractivity contribution in [3.63, 3.8) is 0 Å². The largest absolute Gasteiger partial charge is 0.459 e. The fraction of sp³-hybridized carbons (Fsp3) is 0.292. The van der Waals surface area contributed by atoms with Gasteiger partial charge in [0.15, 0.2) is 9.84 Å². The monoisotopic (exact) mass is 477 g/mol. The van der Waals surface area contributed by atoms with Crippen LogP contribution in [0.3, 0.4) is 0 Å². The van der Waals surface area contributed by atoms with Gasteiger partial charge < -0.3 is 9.32 Å². The molecule has 1 fully saturated rings. The number of nitrogens with zero attached hydrogens (tertiary/aromatic N) is 1. The van der Waals surface area contributed by atoms with Crippen molar-refractivity contribution in [2.24, 2.45) is 0 Å². The second kappa shape index (κ2) is 8.70. The molecule has 2 aromatic carbocycles. The maximum Gasteiger partial charge on any atom is 0.416 e. The summed E-state index contributed by atoms with van der Waals surface area (Å²) >= 11 is 0. The highest BCUT2D eigenvalue weighted by molar-refractivity contribution is 7.91. The van der Waals surface area contributed by atoms with Crippen molar-refractivity contribution in [2.45, 2.75) is 32.1 Å². The minimum atomic E-state index is -4.48. The number of aryl methyl sites for hydroxylation is 1. The van der Waals surface area contributed by atoms with Gasteiger partial charge in [-0.2, -0.15) is 13.2 Å². The Hall–Kier alpha value is -3.07. The van der Waals surface area contributed by atoms with Crippen LogP contribution in [0.15, 0.2) is 65.1 Å². The number of alkyl halides is 3. The van der Waals surface area contributed by atoms with Crippen molar-refractivity contribution in [3.05, 3.63) is 83.1 Å². The van der Waals surface area contributed by atoms with Crippen LogP contribution in [0.4, 0.5) is 13.2 Å². The number of benzene rings is 2. The Labute approximate surface area is 189 Å². The molecule has 0 aliphatic carbocycles. The zero-order valence-corrected chi connectivity index (χ0v) is 18.6. The first-order chi connectivity index (χ1) is 15.5. The van der Waals surface area contributed by atoms with Crippen LogP contribution in [-0.4, -0.2) is 36.8 Å². The molecule has 0 radical (unpaired) electrons. The highest BCUT2D eigenvalue weighted by Crippen LogP contribution is 2.33. The lowest BCUT2D eigenvalue weighted by Gasteiger charge is -2.27. The standard InChI is InChI=1S/C24H22F3NO4S/c1-16-4-2-6-18(12-16)23(29)28(20-10-11-33(30,31)15-20)14-21-8-9-22(32-21)17-5-3-7-19(13-17)24(25,26)27/h2-9,12-13,20H,10-11,14-15H2,1H3. The molecular formula is C24H22F3NO4S. The Kier molecular flexibility index (Phi) is 6.09. The second-order valence-electron chi connectivity index (χ2n) is 8.20. The smallest absolute Gasteiger partial charge is 0.416 e. The lowest BCUT2D eigenvalue weighted by molar-refractivity contribution is -0.137. The molecule has 0 saturated carbocycles. The molecule has 4 rings (SSSR count). The molecule has 2 heterocycles. The van der Waals surface area contributed by atoms with Gasteiger partial charge in [0.05, 0.1) is 23.6 Å². The molecule has 3 aromatic rings. The number of sulfone groups is 1. The predicted molar refractivity (Wildman–Crippen MR) is 117 cm³/mol. The molecule has 1 aromatic heterocycles. The first-order valence-electron chi connectivity index (χ1n) is 10.4. The minimum Gasteiger partial charge on any atom is -0.459 e. The van der Waals surface area contributed by atoms with Crippen LogP contribution in [0, 0.1) is 6.92 Å². The SMILES string of the molecule is Cc1cccc(C(=O)N(Cc2ccc(-c3cccc(C(F)(F)F)c3)o2)C2CCS(=O)(=O)C2)c1. The predicted octanol–water partition coefficient (Wildman–Crippen LogP) is 5.10. The van der Waals surface area contributed by atoms with Crippen molar-refractivity contribution in [1.29, 1.82) is 0 Å². The number of hydrogen-bond donors (Lipinski definition) is 0. The fourth-order valence-corrected chi connectivity index (χ4v) is 5.70. The summed E-state index contributed by atoms with van der Waals surface area (Å²) in [6.45, 7) is 1.86. The van der Waals surface area contributed by atoms with Crippen molar-refractivity contribution in [2.75, 3.05) is 11.5 Å². The van der Waals surface area contributed by atoms with Gasteiger partial charge in [0.25, 0.3) is 5.91 Å². The molecule has 1 aliphatic heterocycles. The average Bonchev–Trinajstić information content (AvgIpc) is 3.37. The van der Waals surface area contributed by atoms with E-state index in [4.69, 9.17) is 4.42 Å². The van der Waals surface area contributed by atoms with Crippen LogP contribution >= 0.6 is 0 Å². The molecule has 1 aliphatic rings. The van der Waals surface area contributed by atoms with E-state index >= 15 is 0 Å². The first kappa shape index (κ1) is 23.1. The van der Waals surface area contributed by atoms with Crippen molar-refractivity contribution >= 4 is 15.7 Å². The van der Waals surface area contributed by atoms with E-state index in [9.17, 15) is 26.4 Å². The number of carbonyl (C=O) groups excluding carboxylic acids is 1. The van der Waals surface area contributed by atoms with Gasteiger partial charge in [-0.05, 0) is 49.7 Å². The third-order valence-corrected chi connectivity index (χ3v) is 7.39. The topological polar surface area (TPSA) is 67.6 Å². The molecule has 174 valence electrons. The van der Waals surface area contributed by atoms with E-state index in [0.29, 0.717) is 17.7 Å². The number of furan rings is 1. The molecular weight excluding hydrogens is 455 g/mol. The lowest BCUT2D eigenvalue weighted by Crippen LogP contribution is -2.40. The molecule has 1 unspecified atom stereocenters. The van der Waals surface area contributed by atoms with Gasteiger partial charge in [-0.1, -0.05) is 29.8 Å². The Balaban J connectivity index is 1.62. The molecule has 5 nitrogen and oxygen atoms in total. The number of halogens is 3. The normalized spacial score (nSPS) is 17.8. The summed E-state index contributed by atoms with van der Waals surface area (Å²) < 4.78 is 69.1. The van der Waals surface area contributed by atoms with Crippen molar-refractivity contribution in [1.82, 2.24) is 4.90 Å². The molecule has 33 heavy (non-hydrogen) atoms. The number of carbonyl (C=O) groups is 1. The maximum absolute atomic E-state index is 13.3.